The highest BCUT2D eigenvalue weighted by atomic mass is 32.2. The highest BCUT2D eigenvalue weighted by molar-refractivity contribution is 7.99. The predicted molar refractivity (Wildman–Crippen MR) is 76.5 cm³/mol. The van der Waals surface area contributed by atoms with Crippen LogP contribution in [0.15, 0.2) is 23.1 Å². The summed E-state index contributed by atoms with van der Waals surface area (Å²) < 4.78 is 23.4. The molecule has 110 valence electrons. The third-order valence-corrected chi connectivity index (χ3v) is 5.34. The average molecular weight is 316 g/mol. The Balaban J connectivity index is 2.34. The quantitative estimate of drug-likeness (QED) is 0.808. The van der Waals surface area contributed by atoms with Crippen molar-refractivity contribution >= 4 is 27.7 Å². The molecule has 0 aromatic heterocycles. The van der Waals surface area contributed by atoms with Gasteiger partial charge in [0.2, 0.25) is 0 Å². The minimum Gasteiger partial charge on any atom is -0.337 e. The van der Waals surface area contributed by atoms with Crippen LogP contribution in [0.2, 0.25) is 0 Å². The number of benzene rings is 1. The minimum atomic E-state index is -3.98. The maximum absolute atomic E-state index is 12.3. The summed E-state index contributed by atoms with van der Waals surface area (Å²) in [5, 5.41) is 8.71. The van der Waals surface area contributed by atoms with Gasteiger partial charge in [0, 0.05) is 30.2 Å². The third kappa shape index (κ3) is 3.14. The molecule has 6 nitrogen and oxygen atoms in total. The van der Waals surface area contributed by atoms with Gasteiger partial charge in [-0.05, 0) is 24.6 Å². The Hall–Kier alpha value is -1.09. The van der Waals surface area contributed by atoms with Crippen LogP contribution < -0.4 is 4.89 Å². The maximum Gasteiger partial charge on any atom is 0.262 e. The van der Waals surface area contributed by atoms with Crippen molar-refractivity contribution in [1.29, 1.82) is 0 Å². The molecule has 2 N–H and O–H groups in total. The van der Waals surface area contributed by atoms with E-state index in [4.69, 9.17) is 5.21 Å². The molecule has 1 saturated heterocycles. The fraction of sp³-hybridized carbons (Fsp3) is 0.417. The van der Waals surface area contributed by atoms with Crippen LogP contribution in [0.4, 0.5) is 0 Å². The molecule has 1 aromatic rings. The number of rotatable bonds is 3. The second kappa shape index (κ2) is 6.13. The van der Waals surface area contributed by atoms with E-state index >= 15 is 0 Å². The number of thioether (sulfide) groups is 1. The fourth-order valence-electron chi connectivity index (χ4n) is 2.02. The predicted octanol–water partition coefficient (Wildman–Crippen LogP) is 0.852. The van der Waals surface area contributed by atoms with Gasteiger partial charge >= 0.3 is 0 Å². The molecular formula is C12H16N2O4S2. The molecule has 0 atom stereocenters. The van der Waals surface area contributed by atoms with Crippen LogP contribution in [0.3, 0.4) is 0 Å². The van der Waals surface area contributed by atoms with Crippen molar-refractivity contribution < 1.29 is 18.4 Å². The standard InChI is InChI=1S/C12H16N2O4S2/c1-9-2-3-10(8-11(9)20(17,18)13-16)12(15)14-4-6-19-7-5-14/h2-3,8,13,16H,4-7H2,1H3. The van der Waals surface area contributed by atoms with E-state index in [2.05, 4.69) is 0 Å². The highest BCUT2D eigenvalue weighted by Crippen LogP contribution is 2.19. The van der Waals surface area contributed by atoms with Crippen molar-refractivity contribution in [3.63, 3.8) is 0 Å². The summed E-state index contributed by atoms with van der Waals surface area (Å²) >= 11 is 1.79. The number of carbonyl (C=O) groups excluding carboxylic acids is 1. The van der Waals surface area contributed by atoms with E-state index in [1.54, 1.807) is 35.7 Å². The molecule has 0 radical (unpaired) electrons. The third-order valence-electron chi connectivity index (χ3n) is 3.14. The molecule has 0 saturated carbocycles. The van der Waals surface area contributed by atoms with Gasteiger partial charge in [-0.2, -0.15) is 11.8 Å². The molecule has 1 aliphatic rings. The molecule has 1 amide bonds. The van der Waals surface area contributed by atoms with Crippen molar-refractivity contribution in [2.45, 2.75) is 11.8 Å². The Bertz CT molecular complexity index is 610. The lowest BCUT2D eigenvalue weighted by Crippen LogP contribution is -2.38. The second-order valence-electron chi connectivity index (χ2n) is 4.48. The van der Waals surface area contributed by atoms with E-state index in [9.17, 15) is 13.2 Å². The zero-order valence-corrected chi connectivity index (χ0v) is 12.6. The maximum atomic E-state index is 12.3. The van der Waals surface area contributed by atoms with E-state index in [0.717, 1.165) is 11.5 Å². The summed E-state index contributed by atoms with van der Waals surface area (Å²) in [6.45, 7) is 2.94. The van der Waals surface area contributed by atoms with Crippen LogP contribution in [-0.4, -0.2) is 49.0 Å². The monoisotopic (exact) mass is 316 g/mol. The van der Waals surface area contributed by atoms with Gasteiger partial charge in [-0.15, -0.1) is 0 Å². The van der Waals surface area contributed by atoms with Gasteiger partial charge in [-0.3, -0.25) is 4.79 Å². The number of nitrogens with zero attached hydrogens (tertiary/aromatic N) is 1. The summed E-state index contributed by atoms with van der Waals surface area (Å²) in [5.74, 6) is 1.60. The molecule has 1 aliphatic heterocycles. The van der Waals surface area contributed by atoms with Crippen molar-refractivity contribution in [2.75, 3.05) is 24.6 Å². The number of carbonyl (C=O) groups is 1. The van der Waals surface area contributed by atoms with Gasteiger partial charge in [0.1, 0.15) is 0 Å². The van der Waals surface area contributed by atoms with E-state index in [-0.39, 0.29) is 10.8 Å². The molecule has 1 aromatic carbocycles. The van der Waals surface area contributed by atoms with Gasteiger partial charge < -0.3 is 10.1 Å². The molecule has 0 aliphatic carbocycles. The average Bonchev–Trinajstić information content (AvgIpc) is 2.47. The zero-order chi connectivity index (χ0) is 14.8. The molecule has 0 bridgehead atoms. The minimum absolute atomic E-state index is 0.0859. The number of hydrogen-bond acceptors (Lipinski definition) is 5. The first-order valence-corrected chi connectivity index (χ1v) is 8.73. The number of nitrogens with one attached hydrogen (secondary N) is 1. The Labute approximate surface area is 122 Å². The Morgan fingerprint density at radius 2 is 2.00 bits per heavy atom. The van der Waals surface area contributed by atoms with Gasteiger partial charge in [0.25, 0.3) is 15.9 Å². The normalized spacial score (nSPS) is 16.2. The lowest BCUT2D eigenvalue weighted by Gasteiger charge is -2.26. The molecular weight excluding hydrogens is 300 g/mol. The van der Waals surface area contributed by atoms with Gasteiger partial charge in [-0.1, -0.05) is 11.0 Å². The number of sulfonamides is 1. The smallest absolute Gasteiger partial charge is 0.262 e. The fourth-order valence-corrected chi connectivity index (χ4v) is 3.80. The zero-order valence-electron chi connectivity index (χ0n) is 11.0. The first kappa shape index (κ1) is 15.3. The van der Waals surface area contributed by atoms with Crippen LogP contribution in [0.5, 0.6) is 0 Å². The second-order valence-corrected chi connectivity index (χ2v) is 7.33. The lowest BCUT2D eigenvalue weighted by atomic mass is 10.1. The summed E-state index contributed by atoms with van der Waals surface area (Å²) in [7, 11) is -3.98. The molecule has 8 heteroatoms. The summed E-state index contributed by atoms with van der Waals surface area (Å²) in [6.07, 6.45) is 0. The van der Waals surface area contributed by atoms with Crippen LogP contribution in [-0.2, 0) is 10.0 Å². The molecule has 0 unspecified atom stereocenters. The van der Waals surface area contributed by atoms with Crippen LogP contribution in [0.25, 0.3) is 0 Å². The topological polar surface area (TPSA) is 86.7 Å². The largest absolute Gasteiger partial charge is 0.337 e. The molecule has 20 heavy (non-hydrogen) atoms. The van der Waals surface area contributed by atoms with Crippen LogP contribution >= 0.6 is 11.8 Å². The van der Waals surface area contributed by atoms with Crippen molar-refractivity contribution in [3.05, 3.63) is 29.3 Å². The molecule has 0 spiro atoms. The Morgan fingerprint density at radius 1 is 1.35 bits per heavy atom. The summed E-state index contributed by atoms with van der Waals surface area (Å²) in [5.41, 5.74) is 0.786. The van der Waals surface area contributed by atoms with E-state index < -0.39 is 10.0 Å². The first-order valence-electron chi connectivity index (χ1n) is 6.09. The van der Waals surface area contributed by atoms with Crippen molar-refractivity contribution in [3.8, 4) is 0 Å². The van der Waals surface area contributed by atoms with Crippen LogP contribution in [0, 0.1) is 6.92 Å². The molecule has 1 heterocycles. The number of hydrogen-bond donors (Lipinski definition) is 2. The summed E-state index contributed by atoms with van der Waals surface area (Å²) in [4.78, 5) is 15.2. The van der Waals surface area contributed by atoms with E-state index in [0.29, 0.717) is 24.2 Å². The molecule has 1 fully saturated rings. The molecule has 2 rings (SSSR count). The SMILES string of the molecule is Cc1ccc(C(=O)N2CCSCC2)cc1S(=O)(=O)NO. The highest BCUT2D eigenvalue weighted by Gasteiger charge is 2.22. The van der Waals surface area contributed by atoms with E-state index in [1.165, 1.54) is 11.0 Å². The van der Waals surface area contributed by atoms with Crippen LogP contribution in [0.1, 0.15) is 15.9 Å². The Morgan fingerprint density at radius 3 is 2.60 bits per heavy atom. The van der Waals surface area contributed by atoms with Gasteiger partial charge in [0.15, 0.2) is 0 Å². The first-order chi connectivity index (χ1) is 9.45. The Kier molecular flexibility index (Phi) is 4.69. The number of amides is 1. The van der Waals surface area contributed by atoms with Crippen molar-refractivity contribution in [2.24, 2.45) is 0 Å². The summed E-state index contributed by atoms with van der Waals surface area (Å²) in [6, 6.07) is 4.48. The lowest BCUT2D eigenvalue weighted by molar-refractivity contribution is 0.0772. The number of aryl methyl sites for hydroxylation is 1. The van der Waals surface area contributed by atoms with E-state index in [1.807, 2.05) is 0 Å². The van der Waals surface area contributed by atoms with Gasteiger partial charge in [0.05, 0.1) is 4.90 Å². The van der Waals surface area contributed by atoms with Gasteiger partial charge in [-0.25, -0.2) is 8.42 Å². The van der Waals surface area contributed by atoms with Crippen molar-refractivity contribution in [1.82, 2.24) is 9.79 Å².